The zero-order valence-corrected chi connectivity index (χ0v) is 13.8. The summed E-state index contributed by atoms with van der Waals surface area (Å²) >= 11 is 0. The summed E-state index contributed by atoms with van der Waals surface area (Å²) in [7, 11) is 1.69. The van der Waals surface area contributed by atoms with Crippen LogP contribution in [0.2, 0.25) is 0 Å². The topological polar surface area (TPSA) is 105 Å². The van der Waals surface area contributed by atoms with E-state index in [1.54, 1.807) is 7.05 Å². The summed E-state index contributed by atoms with van der Waals surface area (Å²) in [6.07, 6.45) is 0.753. The summed E-state index contributed by atoms with van der Waals surface area (Å²) in [5.74, 6) is 0. The van der Waals surface area contributed by atoms with Gasteiger partial charge in [0, 0.05) is 18.7 Å². The molecular formula is C13H22N4O4S. The minimum absolute atomic E-state index is 0.0556. The van der Waals surface area contributed by atoms with E-state index in [0.29, 0.717) is 0 Å². The van der Waals surface area contributed by atoms with E-state index < -0.39 is 20.6 Å². The monoisotopic (exact) mass is 330 g/mol. The van der Waals surface area contributed by atoms with Gasteiger partial charge in [0.05, 0.1) is 4.92 Å². The van der Waals surface area contributed by atoms with Gasteiger partial charge in [-0.3, -0.25) is 10.1 Å². The normalized spacial score (nSPS) is 13.3. The van der Waals surface area contributed by atoms with Crippen LogP contribution in [0.15, 0.2) is 29.2 Å². The first-order valence-corrected chi connectivity index (χ1v) is 8.31. The zero-order chi connectivity index (χ0) is 16.8. The van der Waals surface area contributed by atoms with Gasteiger partial charge in [-0.2, -0.15) is 0 Å². The predicted octanol–water partition coefficient (Wildman–Crippen LogP) is 0.413. The van der Waals surface area contributed by atoms with E-state index in [0.717, 1.165) is 13.0 Å². The van der Waals surface area contributed by atoms with Crippen molar-refractivity contribution in [3.05, 3.63) is 34.4 Å². The van der Waals surface area contributed by atoms with Crippen molar-refractivity contribution in [3.63, 3.8) is 0 Å². The Bertz CT molecular complexity index is 604. The molecule has 0 aliphatic heterocycles. The molecule has 0 heterocycles. The van der Waals surface area contributed by atoms with E-state index in [4.69, 9.17) is 0 Å². The van der Waals surface area contributed by atoms with Crippen molar-refractivity contribution in [3.8, 4) is 0 Å². The number of hydrogen-bond acceptors (Lipinski definition) is 6. The molecule has 1 aromatic rings. The first-order chi connectivity index (χ1) is 10.3. The Morgan fingerprint density at radius 2 is 1.95 bits per heavy atom. The van der Waals surface area contributed by atoms with Crippen LogP contribution >= 0.6 is 0 Å². The Balaban J connectivity index is 2.81. The number of hydrogen-bond donors (Lipinski definition) is 2. The lowest BCUT2D eigenvalue weighted by atomic mass is 10.2. The maximum atomic E-state index is 12.3. The fourth-order valence-corrected chi connectivity index (χ4v) is 3.14. The third-order valence-corrected chi connectivity index (χ3v) is 4.68. The SMILES string of the molecule is CNC(CCN(C)C)CNS(=O)(=O)c1ccccc1[N+](=O)[O-]. The van der Waals surface area contributed by atoms with Gasteiger partial charge in [-0.25, -0.2) is 13.1 Å². The molecule has 0 fully saturated rings. The fourth-order valence-electron chi connectivity index (χ4n) is 1.89. The van der Waals surface area contributed by atoms with Crippen LogP contribution in [-0.4, -0.2) is 58.5 Å². The van der Waals surface area contributed by atoms with E-state index >= 15 is 0 Å². The summed E-state index contributed by atoms with van der Waals surface area (Å²) in [6.45, 7) is 0.970. The summed E-state index contributed by atoms with van der Waals surface area (Å²) < 4.78 is 27.0. The average Bonchev–Trinajstić information content (AvgIpc) is 2.47. The highest BCUT2D eigenvalue weighted by Gasteiger charge is 2.25. The van der Waals surface area contributed by atoms with Crippen molar-refractivity contribution in [1.82, 2.24) is 14.9 Å². The summed E-state index contributed by atoms with van der Waals surface area (Å²) in [5.41, 5.74) is -0.427. The third-order valence-electron chi connectivity index (χ3n) is 3.20. The van der Waals surface area contributed by atoms with Crippen LogP contribution in [0.1, 0.15) is 6.42 Å². The molecule has 0 aliphatic carbocycles. The van der Waals surface area contributed by atoms with E-state index in [1.165, 1.54) is 24.3 Å². The van der Waals surface area contributed by atoms with Gasteiger partial charge in [-0.15, -0.1) is 0 Å². The Kier molecular flexibility index (Phi) is 6.88. The average molecular weight is 330 g/mol. The minimum atomic E-state index is -3.92. The highest BCUT2D eigenvalue weighted by molar-refractivity contribution is 7.89. The number of benzene rings is 1. The molecule has 8 nitrogen and oxygen atoms in total. The maximum absolute atomic E-state index is 12.3. The number of nitro groups is 1. The molecule has 0 saturated carbocycles. The quantitative estimate of drug-likeness (QED) is 0.502. The Morgan fingerprint density at radius 3 is 2.50 bits per heavy atom. The summed E-state index contributed by atoms with van der Waals surface area (Å²) in [4.78, 5) is 11.9. The number of nitrogens with zero attached hydrogens (tertiary/aromatic N) is 2. The van der Waals surface area contributed by atoms with Crippen LogP contribution in [0, 0.1) is 10.1 Å². The van der Waals surface area contributed by atoms with Crippen LogP contribution in [-0.2, 0) is 10.0 Å². The van der Waals surface area contributed by atoms with E-state index in [2.05, 4.69) is 10.0 Å². The first-order valence-electron chi connectivity index (χ1n) is 6.83. The van der Waals surface area contributed by atoms with Crippen molar-refractivity contribution >= 4 is 15.7 Å². The van der Waals surface area contributed by atoms with Gasteiger partial charge in [0.2, 0.25) is 10.0 Å². The number of sulfonamides is 1. The molecule has 0 spiro atoms. The Hall–Kier alpha value is -1.55. The second-order valence-corrected chi connectivity index (χ2v) is 6.89. The van der Waals surface area contributed by atoms with Crippen molar-refractivity contribution in [2.24, 2.45) is 0 Å². The molecular weight excluding hydrogens is 308 g/mol. The first kappa shape index (κ1) is 18.5. The molecule has 0 amide bonds. The lowest BCUT2D eigenvalue weighted by Gasteiger charge is -2.19. The molecule has 1 unspecified atom stereocenters. The zero-order valence-electron chi connectivity index (χ0n) is 12.9. The minimum Gasteiger partial charge on any atom is -0.316 e. The van der Waals surface area contributed by atoms with E-state index in [1.807, 2.05) is 19.0 Å². The third kappa shape index (κ3) is 5.34. The highest BCUT2D eigenvalue weighted by atomic mass is 32.2. The molecule has 0 bridgehead atoms. The van der Waals surface area contributed by atoms with Gasteiger partial charge in [-0.05, 0) is 40.2 Å². The molecule has 0 radical (unpaired) electrons. The lowest BCUT2D eigenvalue weighted by molar-refractivity contribution is -0.387. The van der Waals surface area contributed by atoms with Crippen molar-refractivity contribution in [1.29, 1.82) is 0 Å². The van der Waals surface area contributed by atoms with Gasteiger partial charge < -0.3 is 10.2 Å². The predicted molar refractivity (Wildman–Crippen MR) is 84.3 cm³/mol. The molecule has 0 aromatic heterocycles. The highest BCUT2D eigenvalue weighted by Crippen LogP contribution is 2.22. The van der Waals surface area contributed by atoms with Crippen LogP contribution in [0.25, 0.3) is 0 Å². The molecule has 9 heteroatoms. The molecule has 1 aromatic carbocycles. The molecule has 2 N–H and O–H groups in total. The van der Waals surface area contributed by atoms with E-state index in [-0.39, 0.29) is 17.5 Å². The van der Waals surface area contributed by atoms with Crippen LogP contribution < -0.4 is 10.0 Å². The van der Waals surface area contributed by atoms with Gasteiger partial charge in [0.15, 0.2) is 4.90 Å². The standard InChI is InChI=1S/C13H22N4O4S/c1-14-11(8-9-16(2)3)10-15-22(20,21)13-7-5-4-6-12(13)17(18)19/h4-7,11,14-15H,8-10H2,1-3H3. The molecule has 0 saturated heterocycles. The number of nitro benzene ring substituents is 1. The molecule has 0 aliphatic rings. The van der Waals surface area contributed by atoms with Gasteiger partial charge in [0.25, 0.3) is 5.69 Å². The smallest absolute Gasteiger partial charge is 0.289 e. The second-order valence-electron chi connectivity index (χ2n) is 5.15. The van der Waals surface area contributed by atoms with Crippen molar-refractivity contribution in [2.75, 3.05) is 34.2 Å². The summed E-state index contributed by atoms with van der Waals surface area (Å²) in [6, 6.07) is 5.25. The molecule has 1 rings (SSSR count). The molecule has 124 valence electrons. The number of rotatable bonds is 9. The van der Waals surface area contributed by atoms with Crippen LogP contribution in [0.3, 0.4) is 0 Å². The van der Waals surface area contributed by atoms with Gasteiger partial charge >= 0.3 is 0 Å². The van der Waals surface area contributed by atoms with Gasteiger partial charge in [0.1, 0.15) is 0 Å². The number of para-hydroxylation sites is 1. The fraction of sp³-hybridized carbons (Fsp3) is 0.538. The maximum Gasteiger partial charge on any atom is 0.289 e. The van der Waals surface area contributed by atoms with E-state index in [9.17, 15) is 18.5 Å². The van der Waals surface area contributed by atoms with Crippen molar-refractivity contribution in [2.45, 2.75) is 17.4 Å². The lowest BCUT2D eigenvalue weighted by Crippen LogP contribution is -2.40. The Morgan fingerprint density at radius 1 is 1.32 bits per heavy atom. The second kappa shape index (κ2) is 8.18. The number of likely N-dealkylation sites (N-methyl/N-ethyl adjacent to an activating group) is 1. The molecule has 22 heavy (non-hydrogen) atoms. The van der Waals surface area contributed by atoms with Gasteiger partial charge in [-0.1, -0.05) is 12.1 Å². The summed E-state index contributed by atoms with van der Waals surface area (Å²) in [5, 5.41) is 14.0. The van der Waals surface area contributed by atoms with Crippen LogP contribution in [0.4, 0.5) is 5.69 Å². The van der Waals surface area contributed by atoms with Crippen molar-refractivity contribution < 1.29 is 13.3 Å². The van der Waals surface area contributed by atoms with Crippen LogP contribution in [0.5, 0.6) is 0 Å². The Labute approximate surface area is 130 Å². The molecule has 1 atom stereocenters. The number of nitrogens with one attached hydrogen (secondary N) is 2. The largest absolute Gasteiger partial charge is 0.316 e.